The van der Waals surface area contributed by atoms with Crippen molar-refractivity contribution in [3.63, 3.8) is 0 Å². The van der Waals surface area contributed by atoms with E-state index < -0.39 is 6.03 Å². The summed E-state index contributed by atoms with van der Waals surface area (Å²) in [5.74, 6) is 0.431. The summed E-state index contributed by atoms with van der Waals surface area (Å²) in [5.41, 5.74) is 5.00. The first-order chi connectivity index (χ1) is 23.3. The Morgan fingerprint density at radius 1 is 1.00 bits per heavy atom. The van der Waals surface area contributed by atoms with E-state index in [4.69, 9.17) is 4.74 Å². The summed E-state index contributed by atoms with van der Waals surface area (Å²) in [6.07, 6.45) is 13.6. The fraction of sp³-hybridized carbons (Fsp3) is 0.222. The molecule has 2 aliphatic rings. The maximum Gasteiger partial charge on any atom is 0.323 e. The van der Waals surface area contributed by atoms with E-state index >= 15 is 0 Å². The molecule has 12 nitrogen and oxygen atoms in total. The summed E-state index contributed by atoms with van der Waals surface area (Å²) < 4.78 is 7.95. The molecule has 242 valence electrons. The van der Waals surface area contributed by atoms with Crippen molar-refractivity contribution in [3.8, 4) is 5.75 Å². The number of urea groups is 1. The minimum absolute atomic E-state index is 0.0494. The SMILES string of the molecule is CN(Cc1ccncc1)C(=O)C1CCN(c2ccnc3c2c(C=C2Oc4ccc(NC(=O)Nc5cccnc5)cc4C2=O)cn3C)CC1. The monoisotopic (exact) mass is 642 g/mol. The fourth-order valence-corrected chi connectivity index (χ4v) is 6.35. The number of aromatic nitrogens is 4. The number of ketones is 1. The summed E-state index contributed by atoms with van der Waals surface area (Å²) in [4.78, 5) is 56.1. The highest BCUT2D eigenvalue weighted by Gasteiger charge is 2.31. The van der Waals surface area contributed by atoms with Crippen LogP contribution >= 0.6 is 0 Å². The van der Waals surface area contributed by atoms with Crippen molar-refractivity contribution in [2.24, 2.45) is 13.0 Å². The van der Waals surface area contributed by atoms with Gasteiger partial charge in [0.1, 0.15) is 11.4 Å². The number of aryl methyl sites for hydroxylation is 1. The molecule has 3 amide bonds. The van der Waals surface area contributed by atoms with Gasteiger partial charge in [0, 0.05) is 93.0 Å². The number of amides is 3. The average Bonchev–Trinajstić information content (AvgIpc) is 3.60. The molecule has 0 bridgehead atoms. The Labute approximate surface area is 277 Å². The number of pyridine rings is 3. The Kier molecular flexibility index (Phi) is 8.28. The van der Waals surface area contributed by atoms with Crippen molar-refractivity contribution in [1.82, 2.24) is 24.4 Å². The van der Waals surface area contributed by atoms with Crippen molar-refractivity contribution in [1.29, 1.82) is 0 Å². The smallest absolute Gasteiger partial charge is 0.323 e. The number of rotatable bonds is 7. The largest absolute Gasteiger partial charge is 0.452 e. The van der Waals surface area contributed by atoms with Crippen LogP contribution in [0.5, 0.6) is 5.75 Å². The van der Waals surface area contributed by atoms with E-state index in [0.29, 0.717) is 42.3 Å². The molecule has 48 heavy (non-hydrogen) atoms. The van der Waals surface area contributed by atoms with E-state index in [0.717, 1.165) is 40.7 Å². The fourth-order valence-electron chi connectivity index (χ4n) is 6.35. The number of allylic oxidation sites excluding steroid dienone is 1. The molecule has 0 saturated carbocycles. The Bertz CT molecular complexity index is 2040. The molecule has 0 unspecified atom stereocenters. The van der Waals surface area contributed by atoms with Crippen LogP contribution in [0.25, 0.3) is 17.1 Å². The minimum Gasteiger partial charge on any atom is -0.452 e. The first-order valence-electron chi connectivity index (χ1n) is 15.7. The van der Waals surface area contributed by atoms with Crippen LogP contribution in [-0.2, 0) is 18.4 Å². The van der Waals surface area contributed by atoms with Crippen LogP contribution in [-0.4, -0.2) is 62.3 Å². The second-order valence-electron chi connectivity index (χ2n) is 12.0. The maximum atomic E-state index is 13.5. The molecule has 0 spiro atoms. The third kappa shape index (κ3) is 6.19. The van der Waals surface area contributed by atoms with E-state index in [1.54, 1.807) is 72.3 Å². The number of anilines is 3. The Morgan fingerprint density at radius 3 is 2.56 bits per heavy atom. The number of hydrogen-bond donors (Lipinski definition) is 2. The first kappa shape index (κ1) is 30.6. The van der Waals surface area contributed by atoms with Crippen molar-refractivity contribution in [2.45, 2.75) is 19.4 Å². The lowest BCUT2D eigenvalue weighted by molar-refractivity contribution is -0.135. The summed E-state index contributed by atoms with van der Waals surface area (Å²) >= 11 is 0. The zero-order valence-electron chi connectivity index (χ0n) is 26.6. The van der Waals surface area contributed by atoms with Crippen molar-refractivity contribution < 1.29 is 19.1 Å². The van der Waals surface area contributed by atoms with Crippen LogP contribution in [0.15, 0.2) is 91.5 Å². The number of hydrogen-bond acceptors (Lipinski definition) is 8. The van der Waals surface area contributed by atoms with E-state index in [9.17, 15) is 14.4 Å². The van der Waals surface area contributed by atoms with Crippen molar-refractivity contribution in [2.75, 3.05) is 35.7 Å². The van der Waals surface area contributed by atoms with Crippen molar-refractivity contribution >= 4 is 51.9 Å². The third-order valence-corrected chi connectivity index (χ3v) is 8.73. The normalized spacial score (nSPS) is 15.3. The highest BCUT2D eigenvalue weighted by molar-refractivity contribution is 6.16. The number of benzene rings is 1. The molecule has 2 aliphatic heterocycles. The quantitative estimate of drug-likeness (QED) is 0.222. The molecule has 1 saturated heterocycles. The summed E-state index contributed by atoms with van der Waals surface area (Å²) in [6.45, 7) is 1.99. The summed E-state index contributed by atoms with van der Waals surface area (Å²) in [5, 5.41) is 6.38. The molecule has 2 N–H and O–H groups in total. The zero-order valence-corrected chi connectivity index (χ0v) is 26.6. The number of carbonyl (C=O) groups is 3. The minimum atomic E-state index is -0.453. The second kappa shape index (κ2) is 13.0. The van der Waals surface area contributed by atoms with Gasteiger partial charge >= 0.3 is 6.03 Å². The Balaban J connectivity index is 1.07. The van der Waals surface area contributed by atoms with E-state index in [2.05, 4.69) is 30.5 Å². The number of piperidine rings is 1. The van der Waals surface area contributed by atoms with E-state index in [-0.39, 0.29) is 23.4 Å². The highest BCUT2D eigenvalue weighted by atomic mass is 16.5. The number of fused-ring (bicyclic) bond motifs is 2. The summed E-state index contributed by atoms with van der Waals surface area (Å²) in [7, 11) is 3.78. The van der Waals surface area contributed by atoms with Gasteiger partial charge in [0.05, 0.1) is 17.4 Å². The predicted octanol–water partition coefficient (Wildman–Crippen LogP) is 5.50. The number of carbonyl (C=O) groups excluding carboxylic acids is 3. The lowest BCUT2D eigenvalue weighted by Crippen LogP contribution is -2.41. The Hall–Kier alpha value is -6.04. The molecule has 0 atom stereocenters. The van der Waals surface area contributed by atoms with Gasteiger partial charge < -0.3 is 29.7 Å². The molecule has 0 aliphatic carbocycles. The molecule has 5 aromatic rings. The zero-order chi connectivity index (χ0) is 33.2. The van der Waals surface area contributed by atoms with Crippen LogP contribution in [0.3, 0.4) is 0 Å². The number of nitrogens with one attached hydrogen (secondary N) is 2. The van der Waals surface area contributed by atoms with Crippen molar-refractivity contribution in [3.05, 3.63) is 108 Å². The van der Waals surface area contributed by atoms with Gasteiger partial charge in [0.25, 0.3) is 0 Å². The number of ether oxygens (including phenoxy) is 1. The molecule has 0 radical (unpaired) electrons. The molecule has 1 aromatic carbocycles. The molecule has 4 aromatic heterocycles. The van der Waals surface area contributed by atoms with Crippen LogP contribution < -0.4 is 20.3 Å². The average molecular weight is 643 g/mol. The van der Waals surface area contributed by atoms with Gasteiger partial charge in [-0.25, -0.2) is 9.78 Å². The van der Waals surface area contributed by atoms with Crippen LogP contribution in [0.4, 0.5) is 21.9 Å². The van der Waals surface area contributed by atoms with Crippen LogP contribution in [0.1, 0.15) is 34.3 Å². The molecule has 6 heterocycles. The standard InChI is InChI=1S/C36H34N8O4/c1-42-22-25(18-31-33(45)28-19-26(5-6-30(28)48-31)40-36(47)41-27-4-3-12-38-20-27)32-29(9-15-39-34(32)42)44-16-10-24(11-17-44)35(46)43(2)21-23-7-13-37-14-8-23/h3-9,12-15,18-20,22,24H,10-11,16-17,21H2,1-2H3,(H2,40,41,47). The number of nitrogens with zero attached hydrogens (tertiary/aromatic N) is 6. The van der Waals surface area contributed by atoms with Gasteiger partial charge in [-0.3, -0.25) is 19.6 Å². The molecule has 7 rings (SSSR count). The predicted molar refractivity (Wildman–Crippen MR) is 183 cm³/mol. The molecular formula is C36H34N8O4. The van der Waals surface area contributed by atoms with Gasteiger partial charge in [0.15, 0.2) is 5.76 Å². The Morgan fingerprint density at radius 2 is 1.79 bits per heavy atom. The van der Waals surface area contributed by atoms with Gasteiger partial charge in [-0.05, 0) is 73.0 Å². The lowest BCUT2D eigenvalue weighted by Gasteiger charge is -2.35. The van der Waals surface area contributed by atoms with E-state index in [1.807, 2.05) is 43.1 Å². The molecule has 12 heteroatoms. The van der Waals surface area contributed by atoms with Gasteiger partial charge in [-0.15, -0.1) is 0 Å². The van der Waals surface area contributed by atoms with Crippen LogP contribution in [0, 0.1) is 5.92 Å². The van der Waals surface area contributed by atoms with Gasteiger partial charge in [0.2, 0.25) is 11.7 Å². The second-order valence-corrected chi connectivity index (χ2v) is 12.0. The third-order valence-electron chi connectivity index (χ3n) is 8.73. The van der Waals surface area contributed by atoms with Gasteiger partial charge in [-0.2, -0.15) is 0 Å². The highest BCUT2D eigenvalue weighted by Crippen LogP contribution is 2.37. The summed E-state index contributed by atoms with van der Waals surface area (Å²) in [6, 6.07) is 13.8. The maximum absolute atomic E-state index is 13.5. The first-order valence-corrected chi connectivity index (χ1v) is 15.7. The van der Waals surface area contributed by atoms with E-state index in [1.165, 1.54) is 0 Å². The van der Waals surface area contributed by atoms with Gasteiger partial charge in [-0.1, -0.05) is 0 Å². The molecular weight excluding hydrogens is 608 g/mol. The number of Topliss-reactive ketones (excluding diaryl/α,β-unsaturated/α-hetero) is 1. The van der Waals surface area contributed by atoms with Crippen LogP contribution in [0.2, 0.25) is 0 Å². The molecule has 1 fully saturated rings. The topological polar surface area (TPSA) is 135 Å². The lowest BCUT2D eigenvalue weighted by atomic mass is 9.94.